The van der Waals surface area contributed by atoms with Crippen molar-refractivity contribution in [2.24, 2.45) is 10.9 Å². The minimum Gasteiger partial charge on any atom is -0.359 e. The summed E-state index contributed by atoms with van der Waals surface area (Å²) in [5.74, 6) is 1.65. The zero-order valence-corrected chi connectivity index (χ0v) is 9.90. The van der Waals surface area contributed by atoms with E-state index in [-0.39, 0.29) is 0 Å². The van der Waals surface area contributed by atoms with Gasteiger partial charge in [-0.25, -0.2) is 0 Å². The molecular formula is C13H19N3. The summed E-state index contributed by atoms with van der Waals surface area (Å²) in [7, 11) is 3.69. The molecule has 0 radical (unpaired) electrons. The number of hydrogen-bond acceptors (Lipinski definition) is 1. The molecular weight excluding hydrogens is 198 g/mol. The molecule has 2 atom stereocenters. The summed E-state index contributed by atoms with van der Waals surface area (Å²) in [6.07, 6.45) is 2.41. The standard InChI is InChI=1S/C13H19N3/c1-14-13(15-2)16-12-9-11(12)8-10-6-4-3-5-7-10/h3-7,11-12H,8-9H2,1-2H3,(H2,14,15,16). The van der Waals surface area contributed by atoms with Crippen LogP contribution in [-0.2, 0) is 6.42 Å². The second kappa shape index (κ2) is 5.01. The quantitative estimate of drug-likeness (QED) is 0.593. The molecule has 0 bridgehead atoms. The van der Waals surface area contributed by atoms with Crippen LogP contribution in [0.1, 0.15) is 12.0 Å². The average molecular weight is 217 g/mol. The highest BCUT2D eigenvalue weighted by atomic mass is 15.2. The van der Waals surface area contributed by atoms with Gasteiger partial charge in [0.1, 0.15) is 0 Å². The van der Waals surface area contributed by atoms with Crippen LogP contribution >= 0.6 is 0 Å². The number of nitrogens with zero attached hydrogens (tertiary/aromatic N) is 1. The summed E-state index contributed by atoms with van der Waals surface area (Å²) in [6.45, 7) is 0. The highest BCUT2D eigenvalue weighted by Crippen LogP contribution is 2.33. The molecule has 0 aliphatic heterocycles. The van der Waals surface area contributed by atoms with E-state index in [1.54, 1.807) is 7.05 Å². The molecule has 0 saturated heterocycles. The smallest absolute Gasteiger partial charge is 0.190 e. The molecule has 1 aliphatic carbocycles. The van der Waals surface area contributed by atoms with E-state index < -0.39 is 0 Å². The fourth-order valence-electron chi connectivity index (χ4n) is 1.99. The van der Waals surface area contributed by atoms with Crippen LogP contribution in [0.4, 0.5) is 0 Å². The molecule has 3 heteroatoms. The molecule has 3 nitrogen and oxygen atoms in total. The summed E-state index contributed by atoms with van der Waals surface area (Å²) in [4.78, 5) is 4.12. The van der Waals surface area contributed by atoms with Crippen molar-refractivity contribution in [3.8, 4) is 0 Å². The highest BCUT2D eigenvalue weighted by Gasteiger charge is 2.37. The van der Waals surface area contributed by atoms with Crippen LogP contribution in [0, 0.1) is 5.92 Å². The Kier molecular flexibility index (Phi) is 3.44. The van der Waals surface area contributed by atoms with Crippen LogP contribution in [0.15, 0.2) is 35.3 Å². The van der Waals surface area contributed by atoms with E-state index in [9.17, 15) is 0 Å². The van der Waals surface area contributed by atoms with Crippen molar-refractivity contribution in [2.45, 2.75) is 18.9 Å². The first-order valence-electron chi connectivity index (χ1n) is 5.78. The van der Waals surface area contributed by atoms with Crippen LogP contribution in [-0.4, -0.2) is 26.1 Å². The number of hydrogen-bond donors (Lipinski definition) is 2. The largest absolute Gasteiger partial charge is 0.359 e. The Morgan fingerprint density at radius 1 is 1.38 bits per heavy atom. The van der Waals surface area contributed by atoms with Crippen molar-refractivity contribution >= 4 is 5.96 Å². The Labute approximate surface area is 97.0 Å². The SMILES string of the molecule is CN=C(NC)NC1CC1Cc1ccccc1. The van der Waals surface area contributed by atoms with Crippen LogP contribution in [0.5, 0.6) is 0 Å². The van der Waals surface area contributed by atoms with E-state index in [1.165, 1.54) is 18.4 Å². The van der Waals surface area contributed by atoms with Gasteiger partial charge in [0, 0.05) is 20.1 Å². The van der Waals surface area contributed by atoms with Gasteiger partial charge < -0.3 is 10.6 Å². The number of aliphatic imine (C=N–C) groups is 1. The molecule has 0 heterocycles. The first-order valence-corrected chi connectivity index (χ1v) is 5.78. The number of rotatable bonds is 3. The first kappa shape index (κ1) is 11.0. The Bertz CT molecular complexity index is 359. The summed E-state index contributed by atoms with van der Waals surface area (Å²) < 4.78 is 0. The van der Waals surface area contributed by atoms with E-state index in [2.05, 4.69) is 46.0 Å². The number of guanidine groups is 1. The maximum atomic E-state index is 4.12. The fourth-order valence-corrected chi connectivity index (χ4v) is 1.99. The molecule has 1 aromatic rings. The van der Waals surface area contributed by atoms with E-state index >= 15 is 0 Å². The number of nitrogens with one attached hydrogen (secondary N) is 2. The lowest BCUT2D eigenvalue weighted by Gasteiger charge is -2.07. The van der Waals surface area contributed by atoms with E-state index in [4.69, 9.17) is 0 Å². The Balaban J connectivity index is 1.80. The van der Waals surface area contributed by atoms with Crippen molar-refractivity contribution in [1.82, 2.24) is 10.6 Å². The third-order valence-electron chi connectivity index (χ3n) is 3.05. The molecule has 1 aromatic carbocycles. The van der Waals surface area contributed by atoms with Gasteiger partial charge in [-0.1, -0.05) is 30.3 Å². The topological polar surface area (TPSA) is 36.4 Å². The molecule has 2 rings (SSSR count). The molecule has 0 aromatic heterocycles. The van der Waals surface area contributed by atoms with Gasteiger partial charge in [-0.05, 0) is 24.3 Å². The van der Waals surface area contributed by atoms with Crippen molar-refractivity contribution < 1.29 is 0 Å². The maximum absolute atomic E-state index is 4.12. The maximum Gasteiger partial charge on any atom is 0.190 e. The molecule has 1 aliphatic rings. The summed E-state index contributed by atoms with van der Waals surface area (Å²) >= 11 is 0. The predicted molar refractivity (Wildman–Crippen MR) is 67.6 cm³/mol. The molecule has 0 amide bonds. The minimum absolute atomic E-state index is 0.589. The lowest BCUT2D eigenvalue weighted by atomic mass is 10.1. The minimum atomic E-state index is 0.589. The summed E-state index contributed by atoms with van der Waals surface area (Å²) in [5.41, 5.74) is 1.43. The molecule has 2 N–H and O–H groups in total. The molecule has 1 fully saturated rings. The summed E-state index contributed by atoms with van der Waals surface area (Å²) in [5, 5.41) is 6.45. The molecule has 2 unspecified atom stereocenters. The van der Waals surface area contributed by atoms with Crippen molar-refractivity contribution in [3.63, 3.8) is 0 Å². The zero-order valence-electron chi connectivity index (χ0n) is 9.90. The Morgan fingerprint density at radius 2 is 2.12 bits per heavy atom. The van der Waals surface area contributed by atoms with Gasteiger partial charge in [-0.3, -0.25) is 4.99 Å². The average Bonchev–Trinajstić information content (AvgIpc) is 3.05. The van der Waals surface area contributed by atoms with Gasteiger partial charge in [0.15, 0.2) is 5.96 Å². The third-order valence-corrected chi connectivity index (χ3v) is 3.05. The number of benzene rings is 1. The molecule has 0 spiro atoms. The van der Waals surface area contributed by atoms with E-state index in [1.807, 2.05) is 7.05 Å². The Hall–Kier alpha value is -1.51. The monoisotopic (exact) mass is 217 g/mol. The van der Waals surface area contributed by atoms with Crippen molar-refractivity contribution in [3.05, 3.63) is 35.9 Å². The van der Waals surface area contributed by atoms with Gasteiger partial charge in [-0.15, -0.1) is 0 Å². The predicted octanol–water partition coefficient (Wildman–Crippen LogP) is 1.41. The van der Waals surface area contributed by atoms with Crippen LogP contribution < -0.4 is 10.6 Å². The van der Waals surface area contributed by atoms with Crippen LogP contribution in [0.2, 0.25) is 0 Å². The summed E-state index contributed by atoms with van der Waals surface area (Å²) in [6, 6.07) is 11.3. The van der Waals surface area contributed by atoms with Crippen LogP contribution in [0.3, 0.4) is 0 Å². The van der Waals surface area contributed by atoms with E-state index in [0.29, 0.717) is 6.04 Å². The van der Waals surface area contributed by atoms with Gasteiger partial charge in [0.25, 0.3) is 0 Å². The highest BCUT2D eigenvalue weighted by molar-refractivity contribution is 5.79. The van der Waals surface area contributed by atoms with Crippen molar-refractivity contribution in [1.29, 1.82) is 0 Å². The van der Waals surface area contributed by atoms with Crippen molar-refractivity contribution in [2.75, 3.05) is 14.1 Å². The Morgan fingerprint density at radius 3 is 2.75 bits per heavy atom. The first-order chi connectivity index (χ1) is 7.83. The lowest BCUT2D eigenvalue weighted by Crippen LogP contribution is -2.36. The normalized spacial score (nSPS) is 24.0. The van der Waals surface area contributed by atoms with Gasteiger partial charge in [0.05, 0.1) is 0 Å². The second-order valence-electron chi connectivity index (χ2n) is 4.26. The molecule has 1 saturated carbocycles. The molecule has 16 heavy (non-hydrogen) atoms. The second-order valence-corrected chi connectivity index (χ2v) is 4.26. The van der Waals surface area contributed by atoms with Gasteiger partial charge >= 0.3 is 0 Å². The fraction of sp³-hybridized carbons (Fsp3) is 0.462. The zero-order chi connectivity index (χ0) is 11.4. The molecule has 86 valence electrons. The van der Waals surface area contributed by atoms with E-state index in [0.717, 1.165) is 11.9 Å². The van der Waals surface area contributed by atoms with Crippen LogP contribution in [0.25, 0.3) is 0 Å². The van der Waals surface area contributed by atoms with Gasteiger partial charge in [0.2, 0.25) is 0 Å². The lowest BCUT2D eigenvalue weighted by molar-refractivity contribution is 0.732. The van der Waals surface area contributed by atoms with Gasteiger partial charge in [-0.2, -0.15) is 0 Å². The third kappa shape index (κ3) is 2.75.